The molecule has 0 amide bonds. The molecule has 0 aliphatic carbocycles. The van der Waals surface area contributed by atoms with Gasteiger partial charge in [-0.25, -0.2) is 0 Å². The van der Waals surface area contributed by atoms with Crippen LogP contribution in [-0.2, 0) is 0 Å². The van der Waals surface area contributed by atoms with Crippen molar-refractivity contribution in [3.8, 4) is 0 Å². The first kappa shape index (κ1) is 11.7. The van der Waals surface area contributed by atoms with Crippen molar-refractivity contribution < 1.29 is 0 Å². The Morgan fingerprint density at radius 1 is 1.33 bits per heavy atom. The highest BCUT2D eigenvalue weighted by Crippen LogP contribution is 2.33. The molecule has 1 aromatic heterocycles. The zero-order valence-corrected chi connectivity index (χ0v) is 11.3. The summed E-state index contributed by atoms with van der Waals surface area (Å²) in [7, 11) is 2.18. The smallest absolute Gasteiger partial charge is 0.0448 e. The molecular formula is C14H17N3S. The Morgan fingerprint density at radius 2 is 2.22 bits per heavy atom. The van der Waals surface area contributed by atoms with Crippen molar-refractivity contribution >= 4 is 33.9 Å². The van der Waals surface area contributed by atoms with Gasteiger partial charge >= 0.3 is 0 Å². The van der Waals surface area contributed by atoms with Gasteiger partial charge in [-0.1, -0.05) is 0 Å². The highest BCUT2D eigenvalue weighted by atomic mass is 32.2. The van der Waals surface area contributed by atoms with E-state index >= 15 is 0 Å². The van der Waals surface area contributed by atoms with Crippen LogP contribution in [0.3, 0.4) is 0 Å². The molecule has 2 heterocycles. The zero-order chi connectivity index (χ0) is 12.5. The lowest BCUT2D eigenvalue weighted by Gasteiger charge is -2.27. The second-order valence-electron chi connectivity index (χ2n) is 4.72. The molecule has 1 atom stereocenters. The summed E-state index contributed by atoms with van der Waals surface area (Å²) in [5, 5.41) is 2.25. The van der Waals surface area contributed by atoms with E-state index in [2.05, 4.69) is 29.1 Å². The highest BCUT2D eigenvalue weighted by molar-refractivity contribution is 7.99. The van der Waals surface area contributed by atoms with Crippen molar-refractivity contribution in [3.05, 3.63) is 30.6 Å². The lowest BCUT2D eigenvalue weighted by atomic mass is 10.1. The minimum Gasteiger partial charge on any atom is -0.398 e. The van der Waals surface area contributed by atoms with E-state index < -0.39 is 0 Å². The van der Waals surface area contributed by atoms with Crippen molar-refractivity contribution in [2.45, 2.75) is 12.5 Å². The topological polar surface area (TPSA) is 42.1 Å². The molecule has 0 saturated carbocycles. The van der Waals surface area contributed by atoms with E-state index in [9.17, 15) is 0 Å². The van der Waals surface area contributed by atoms with Crippen LogP contribution in [0.15, 0.2) is 30.6 Å². The van der Waals surface area contributed by atoms with Gasteiger partial charge in [-0.05, 0) is 30.4 Å². The molecule has 1 fully saturated rings. The van der Waals surface area contributed by atoms with Crippen molar-refractivity contribution in [1.82, 2.24) is 4.98 Å². The molecular weight excluding hydrogens is 242 g/mol. The number of nitrogens with two attached hydrogens (primary N) is 1. The average molecular weight is 259 g/mol. The van der Waals surface area contributed by atoms with Crippen LogP contribution in [0, 0.1) is 0 Å². The van der Waals surface area contributed by atoms with Crippen LogP contribution < -0.4 is 10.6 Å². The summed E-state index contributed by atoms with van der Waals surface area (Å²) in [6, 6.07) is 6.80. The second-order valence-corrected chi connectivity index (χ2v) is 5.87. The number of thioether (sulfide) groups is 1. The Bertz CT molecular complexity index is 564. The van der Waals surface area contributed by atoms with Gasteiger partial charge in [0.25, 0.3) is 0 Å². The van der Waals surface area contributed by atoms with Gasteiger partial charge < -0.3 is 10.6 Å². The van der Waals surface area contributed by atoms with Gasteiger partial charge in [-0.15, -0.1) is 0 Å². The van der Waals surface area contributed by atoms with Crippen molar-refractivity contribution in [2.24, 2.45) is 0 Å². The lowest BCUT2D eigenvalue weighted by molar-refractivity contribution is 0.702. The van der Waals surface area contributed by atoms with Crippen LogP contribution in [0.25, 0.3) is 10.8 Å². The largest absolute Gasteiger partial charge is 0.398 e. The lowest BCUT2D eigenvalue weighted by Crippen LogP contribution is -2.31. The van der Waals surface area contributed by atoms with Gasteiger partial charge in [0.2, 0.25) is 0 Å². The third kappa shape index (κ3) is 1.90. The van der Waals surface area contributed by atoms with Gasteiger partial charge in [0, 0.05) is 53.4 Å². The van der Waals surface area contributed by atoms with Crippen LogP contribution in [0.5, 0.6) is 0 Å². The van der Waals surface area contributed by atoms with Gasteiger partial charge in [0.1, 0.15) is 0 Å². The van der Waals surface area contributed by atoms with Crippen molar-refractivity contribution in [3.63, 3.8) is 0 Å². The van der Waals surface area contributed by atoms with E-state index in [1.165, 1.54) is 29.0 Å². The van der Waals surface area contributed by atoms with E-state index in [4.69, 9.17) is 5.73 Å². The Balaban J connectivity index is 2.08. The molecule has 1 aliphatic rings. The van der Waals surface area contributed by atoms with E-state index in [1.807, 2.05) is 30.2 Å². The summed E-state index contributed by atoms with van der Waals surface area (Å²) < 4.78 is 0. The Labute approximate surface area is 111 Å². The quantitative estimate of drug-likeness (QED) is 0.842. The van der Waals surface area contributed by atoms with Gasteiger partial charge in [0.05, 0.1) is 0 Å². The summed E-state index contributed by atoms with van der Waals surface area (Å²) in [5.74, 6) is 2.48. The predicted octanol–water partition coefficient (Wildman–Crippen LogP) is 2.76. The van der Waals surface area contributed by atoms with Crippen LogP contribution in [0.4, 0.5) is 11.4 Å². The molecule has 1 unspecified atom stereocenters. The van der Waals surface area contributed by atoms with Crippen LogP contribution in [0.1, 0.15) is 6.42 Å². The summed E-state index contributed by atoms with van der Waals surface area (Å²) in [5.41, 5.74) is 8.08. The second kappa shape index (κ2) is 4.69. The summed E-state index contributed by atoms with van der Waals surface area (Å²) in [6.07, 6.45) is 4.95. The molecule has 1 aromatic carbocycles. The van der Waals surface area contributed by atoms with Crippen LogP contribution in [-0.4, -0.2) is 29.6 Å². The first-order valence-electron chi connectivity index (χ1n) is 6.20. The number of aromatic nitrogens is 1. The number of nitrogens with zero attached hydrogens (tertiary/aromatic N) is 2. The maximum absolute atomic E-state index is 6.02. The number of fused-ring (bicyclic) bond motifs is 1. The molecule has 3 rings (SSSR count). The monoisotopic (exact) mass is 259 g/mol. The SMILES string of the molecule is CN(c1ccc(N)c2cnccc12)C1CCSC1. The molecule has 18 heavy (non-hydrogen) atoms. The molecule has 94 valence electrons. The van der Waals surface area contributed by atoms with Gasteiger partial charge in [-0.2, -0.15) is 11.8 Å². The minimum atomic E-state index is 0.634. The molecule has 2 N–H and O–H groups in total. The molecule has 4 heteroatoms. The maximum atomic E-state index is 6.02. The van der Waals surface area contributed by atoms with Crippen LogP contribution in [0.2, 0.25) is 0 Å². The van der Waals surface area contributed by atoms with Crippen molar-refractivity contribution in [1.29, 1.82) is 0 Å². The van der Waals surface area contributed by atoms with E-state index in [1.54, 1.807) is 0 Å². The average Bonchev–Trinajstić information content (AvgIpc) is 2.93. The molecule has 0 bridgehead atoms. The standard InChI is InChI=1S/C14H17N3S/c1-17(10-5-7-18-9-10)14-3-2-13(15)12-8-16-6-4-11(12)14/h2-4,6,8,10H,5,7,9,15H2,1H3. The summed E-state index contributed by atoms with van der Waals surface area (Å²) in [4.78, 5) is 6.56. The number of hydrogen-bond acceptors (Lipinski definition) is 4. The summed E-state index contributed by atoms with van der Waals surface area (Å²) >= 11 is 2.04. The third-order valence-electron chi connectivity index (χ3n) is 3.66. The number of nitrogen functional groups attached to an aromatic ring is 1. The maximum Gasteiger partial charge on any atom is 0.0448 e. The van der Waals surface area contributed by atoms with Gasteiger partial charge in [-0.3, -0.25) is 4.98 Å². The summed E-state index contributed by atoms with van der Waals surface area (Å²) in [6.45, 7) is 0. The number of anilines is 2. The number of hydrogen-bond donors (Lipinski definition) is 1. The Morgan fingerprint density at radius 3 is 3.00 bits per heavy atom. The first-order chi connectivity index (χ1) is 8.77. The fourth-order valence-corrected chi connectivity index (χ4v) is 3.80. The number of benzene rings is 1. The van der Waals surface area contributed by atoms with Crippen molar-refractivity contribution in [2.75, 3.05) is 29.2 Å². The fraction of sp³-hybridized carbons (Fsp3) is 0.357. The van der Waals surface area contributed by atoms with Gasteiger partial charge in [0.15, 0.2) is 0 Å². The fourth-order valence-electron chi connectivity index (χ4n) is 2.53. The minimum absolute atomic E-state index is 0.634. The molecule has 0 radical (unpaired) electrons. The normalized spacial score (nSPS) is 19.3. The van der Waals surface area contributed by atoms with Crippen LogP contribution >= 0.6 is 11.8 Å². The number of rotatable bonds is 2. The Hall–Kier alpha value is -1.42. The van der Waals surface area contributed by atoms with E-state index in [-0.39, 0.29) is 0 Å². The predicted molar refractivity (Wildman–Crippen MR) is 80.3 cm³/mol. The zero-order valence-electron chi connectivity index (χ0n) is 10.5. The molecule has 2 aromatic rings. The molecule has 0 spiro atoms. The number of pyridine rings is 1. The Kier molecular flexibility index (Phi) is 3.04. The van der Waals surface area contributed by atoms with E-state index in [0.717, 1.165) is 11.1 Å². The molecule has 1 saturated heterocycles. The highest BCUT2D eigenvalue weighted by Gasteiger charge is 2.21. The molecule has 1 aliphatic heterocycles. The van der Waals surface area contributed by atoms with E-state index in [0.29, 0.717) is 6.04 Å². The molecule has 3 nitrogen and oxygen atoms in total. The first-order valence-corrected chi connectivity index (χ1v) is 7.35. The third-order valence-corrected chi connectivity index (χ3v) is 4.81.